The molecule has 0 saturated carbocycles. The van der Waals surface area contributed by atoms with Crippen molar-refractivity contribution in [2.24, 2.45) is 20.6 Å². The van der Waals surface area contributed by atoms with Crippen LogP contribution in [-0.4, -0.2) is 88.0 Å². The summed E-state index contributed by atoms with van der Waals surface area (Å²) < 4.78 is 85.9. The molecule has 0 aliphatic carbocycles. The Morgan fingerprint density at radius 2 is 1.08 bits per heavy atom. The summed E-state index contributed by atoms with van der Waals surface area (Å²) in [7, 11) is -8.77. The van der Waals surface area contributed by atoms with E-state index < -0.39 is 48.9 Å². The fourth-order valence-corrected chi connectivity index (χ4v) is 11.8. The number of alkyl halides is 3. The van der Waals surface area contributed by atoms with Crippen LogP contribution >= 0.6 is 0 Å². The highest BCUT2D eigenvalue weighted by Crippen LogP contribution is 2.28. The topological polar surface area (TPSA) is 150 Å². The smallest absolute Gasteiger partial charge is 0.518 e. The highest BCUT2D eigenvalue weighted by Gasteiger charge is 2.46. The van der Waals surface area contributed by atoms with Crippen LogP contribution in [0.1, 0.15) is 94.9 Å². The van der Waals surface area contributed by atoms with Crippen LogP contribution in [-0.2, 0) is 42.7 Å². The van der Waals surface area contributed by atoms with Crippen LogP contribution in [0.5, 0.6) is 0 Å². The predicted octanol–water partition coefficient (Wildman–Crippen LogP) is 7.46. The number of halogens is 3. The van der Waals surface area contributed by atoms with Gasteiger partial charge in [0.15, 0.2) is 16.6 Å². The van der Waals surface area contributed by atoms with Gasteiger partial charge in [-0.25, -0.2) is 0 Å². The van der Waals surface area contributed by atoms with E-state index in [4.69, 9.17) is 23.1 Å². The summed E-state index contributed by atoms with van der Waals surface area (Å²) in [6.07, 6.45) is 2.69. The van der Waals surface area contributed by atoms with Crippen molar-refractivity contribution in [3.63, 3.8) is 0 Å². The van der Waals surface area contributed by atoms with Gasteiger partial charge in [0.1, 0.15) is 6.61 Å². The molecule has 0 saturated heterocycles. The van der Waals surface area contributed by atoms with E-state index in [1.54, 1.807) is 6.92 Å². The number of esters is 2. The maximum absolute atomic E-state index is 11.9. The van der Waals surface area contributed by atoms with Crippen molar-refractivity contribution in [3.8, 4) is 0 Å². The molecule has 0 aliphatic heterocycles. The monoisotopic (exact) mass is 782 g/mol. The van der Waals surface area contributed by atoms with E-state index in [2.05, 4.69) is 37.1 Å². The third-order valence-electron chi connectivity index (χ3n) is 7.61. The summed E-state index contributed by atoms with van der Waals surface area (Å²) in [4.78, 5) is 23.3. The molecule has 0 rings (SSSR count). The van der Waals surface area contributed by atoms with Crippen LogP contribution in [0.3, 0.4) is 0 Å². The number of sulfonamides is 1. The molecule has 0 aromatic heterocycles. The third-order valence-corrected chi connectivity index (χ3v) is 14.8. The number of hydrogen-bond acceptors (Lipinski definition) is 10. The van der Waals surface area contributed by atoms with Gasteiger partial charge in [0.05, 0.1) is 37.3 Å². The average molecular weight is 783 g/mol. The van der Waals surface area contributed by atoms with Crippen molar-refractivity contribution in [1.29, 1.82) is 0 Å². The maximum atomic E-state index is 11.9. The molecule has 11 nitrogen and oxygen atoms in total. The maximum Gasteiger partial charge on any atom is 0.518 e. The van der Waals surface area contributed by atoms with Gasteiger partial charge in [-0.2, -0.15) is 26.0 Å². The van der Waals surface area contributed by atoms with E-state index >= 15 is 0 Å². The van der Waals surface area contributed by atoms with Crippen LogP contribution in [0.25, 0.3) is 0 Å². The Balaban J connectivity index is -0.000000668. The predicted molar refractivity (Wildman–Crippen MR) is 195 cm³/mol. The molecule has 50 heavy (non-hydrogen) atoms. The average Bonchev–Trinajstić information content (AvgIpc) is 2.97. The molecule has 0 aromatic rings. The summed E-state index contributed by atoms with van der Waals surface area (Å²) in [5.74, 6) is -1.54. The van der Waals surface area contributed by atoms with Crippen molar-refractivity contribution in [2.75, 3.05) is 39.6 Å². The summed E-state index contributed by atoms with van der Waals surface area (Å²) in [6.45, 7) is 32.0. The molecule has 0 amide bonds. The molecule has 0 atom stereocenters. The second-order valence-corrected chi connectivity index (χ2v) is 25.8. The quantitative estimate of drug-likeness (QED) is 0.0400. The minimum Gasteiger partial charge on any atom is -0.861 e. The van der Waals surface area contributed by atoms with E-state index in [1.165, 1.54) is 13.8 Å². The van der Waals surface area contributed by atoms with E-state index in [0.717, 1.165) is 25.3 Å². The first-order chi connectivity index (χ1) is 22.4. The van der Waals surface area contributed by atoms with Crippen LogP contribution < -0.4 is 5.11 Å². The first kappa shape index (κ1) is 52.8. The standard InChI is InChI=1S/C14H32O3Si2.C12H24O4.C7H12F3NO3S/c1-9-14(2,3)13(15)16-11-10-12-19(7,8)17-18(4,5)6;1-5-12(3,4)11(13)16-10-9-15-8-7-14-6-2;1-4-6(2,3)5(12)11-15(13,14)7(8,9)10/h9-12H2,1-8H3;5-10H2,1-4H3;4H2,1-3H3,(H,11,12)/p-1. The van der Waals surface area contributed by atoms with Crippen LogP contribution in [0.15, 0.2) is 4.40 Å². The molecular weight excluding hydrogens is 716 g/mol. The molecule has 0 bridgehead atoms. The molecule has 0 aliphatic rings. The molecule has 0 N–H and O–H groups in total. The minimum absolute atomic E-state index is 0.0828. The van der Waals surface area contributed by atoms with Crippen molar-refractivity contribution < 1.29 is 59.3 Å². The van der Waals surface area contributed by atoms with Gasteiger partial charge in [-0.05, 0) is 110 Å². The molecule has 0 fully saturated rings. The minimum atomic E-state index is -5.71. The number of rotatable bonds is 20. The zero-order chi connectivity index (χ0) is 40.3. The van der Waals surface area contributed by atoms with Crippen LogP contribution in [0.2, 0.25) is 38.8 Å². The van der Waals surface area contributed by atoms with Gasteiger partial charge >= 0.3 is 27.5 Å². The van der Waals surface area contributed by atoms with Gasteiger partial charge in [0.25, 0.3) is 0 Å². The van der Waals surface area contributed by atoms with Crippen LogP contribution in [0, 0.1) is 16.2 Å². The van der Waals surface area contributed by atoms with Gasteiger partial charge in [-0.3, -0.25) is 9.59 Å². The molecular formula is C33H67F3NO10SSi2-. The highest BCUT2D eigenvalue weighted by molar-refractivity contribution is 7.91. The first-order valence-electron chi connectivity index (χ1n) is 17.2. The van der Waals surface area contributed by atoms with E-state index in [9.17, 15) is 36.3 Å². The Hall–Kier alpha value is -1.54. The number of carbonyl (C=O) groups excluding carboxylic acids is 2. The lowest BCUT2D eigenvalue weighted by Crippen LogP contribution is -2.42. The molecule has 0 heterocycles. The van der Waals surface area contributed by atoms with E-state index in [1.807, 2.05) is 48.5 Å². The van der Waals surface area contributed by atoms with Crippen molar-refractivity contribution in [1.82, 2.24) is 0 Å². The Morgan fingerprint density at radius 1 is 0.680 bits per heavy atom. The number of nitrogens with zero attached hydrogens (tertiary/aromatic N) is 1. The van der Waals surface area contributed by atoms with Gasteiger partial charge in [0.2, 0.25) is 0 Å². The molecule has 300 valence electrons. The zero-order valence-electron chi connectivity index (χ0n) is 33.4. The normalized spacial score (nSPS) is 13.4. The largest absolute Gasteiger partial charge is 0.861 e. The second-order valence-electron chi connectivity index (χ2n) is 15.2. The number of ether oxygens (including phenoxy) is 4. The summed E-state index contributed by atoms with van der Waals surface area (Å²) in [5.41, 5.74) is -7.49. The molecule has 0 aromatic carbocycles. The lowest BCUT2D eigenvalue weighted by molar-refractivity contribution is -0.229. The van der Waals surface area contributed by atoms with Gasteiger partial charge in [0, 0.05) is 6.61 Å². The molecule has 0 radical (unpaired) electrons. The zero-order valence-corrected chi connectivity index (χ0v) is 36.2. The summed E-state index contributed by atoms with van der Waals surface area (Å²) in [6, 6.07) is 1.05. The third kappa shape index (κ3) is 24.6. The Morgan fingerprint density at radius 3 is 1.46 bits per heavy atom. The van der Waals surface area contributed by atoms with Gasteiger partial charge < -0.3 is 28.2 Å². The Labute approximate surface area is 302 Å². The molecule has 0 unspecified atom stereocenters. The fraction of sp³-hybridized carbons (Fsp3) is 0.909. The fourth-order valence-electron chi connectivity index (χ4n) is 3.22. The van der Waals surface area contributed by atoms with Gasteiger partial charge in [-0.15, -0.1) is 0 Å². The van der Waals surface area contributed by atoms with Crippen molar-refractivity contribution in [3.05, 3.63) is 0 Å². The summed E-state index contributed by atoms with van der Waals surface area (Å²) in [5, 5.41) is 11.1. The van der Waals surface area contributed by atoms with E-state index in [0.29, 0.717) is 39.6 Å². The van der Waals surface area contributed by atoms with Crippen LogP contribution in [0.4, 0.5) is 13.2 Å². The number of hydrogen-bond donors (Lipinski definition) is 0. The lowest BCUT2D eigenvalue weighted by Gasteiger charge is -2.31. The highest BCUT2D eigenvalue weighted by atomic mass is 32.2. The Kier molecular flexibility index (Phi) is 24.5. The van der Waals surface area contributed by atoms with Crippen molar-refractivity contribution >= 4 is 44.5 Å². The molecule has 0 spiro atoms. The number of carbonyl (C=O) groups is 2. The molecule has 17 heteroatoms. The first-order valence-corrected chi connectivity index (χ1v) is 25.1. The second kappa shape index (κ2) is 23.2. The SMILES string of the molecule is CCC(C)(C)C(=O)OCCC[Si](C)(C)O[Si](C)(C)C.CCC(C)(C)C([O-])=NS(=O)(=O)C(F)(F)F.CCOCCOCCOC(=O)C(C)(C)CC. The van der Waals surface area contributed by atoms with E-state index in [-0.39, 0.29) is 23.8 Å². The lowest BCUT2D eigenvalue weighted by atomic mass is 9.90. The Bertz CT molecular complexity index is 1120. The summed E-state index contributed by atoms with van der Waals surface area (Å²) >= 11 is 0. The van der Waals surface area contributed by atoms with Crippen molar-refractivity contribution in [2.45, 2.75) is 139 Å². The van der Waals surface area contributed by atoms with Gasteiger partial charge in [-0.1, -0.05) is 34.6 Å².